The molecule has 4 rings (SSSR count). The molecular formula is C21H23N3O. The molecule has 2 aliphatic rings. The van der Waals surface area contributed by atoms with Crippen molar-refractivity contribution in [2.75, 3.05) is 6.54 Å². The summed E-state index contributed by atoms with van der Waals surface area (Å²) >= 11 is 0. The maximum atomic E-state index is 12.6. The molecule has 0 unspecified atom stereocenters. The third kappa shape index (κ3) is 3.43. The minimum atomic E-state index is -0.0798. The second kappa shape index (κ2) is 7.09. The van der Waals surface area contributed by atoms with Crippen molar-refractivity contribution < 1.29 is 4.79 Å². The number of carbonyl (C=O) groups excluding carboxylic acids is 1. The first-order valence-corrected chi connectivity index (χ1v) is 9.05. The van der Waals surface area contributed by atoms with E-state index in [2.05, 4.69) is 46.6 Å². The molecule has 25 heavy (non-hydrogen) atoms. The standard InChI is InChI=1S/C21H23N3O/c25-21(22-14-6-9-16-7-2-1-3-8-16)19-12-13-20-23-18-11-5-4-10-17(18)15-24(19)20/h1-5,7-8,10-11,19H,6,9,12-15H2,(H,22,25)/t19-/m0/s1. The number of hydrogen-bond acceptors (Lipinski definition) is 3. The number of para-hydroxylation sites is 1. The van der Waals surface area contributed by atoms with Gasteiger partial charge in [-0.3, -0.25) is 4.79 Å². The van der Waals surface area contributed by atoms with Crippen LogP contribution >= 0.6 is 0 Å². The van der Waals surface area contributed by atoms with Crippen LogP contribution in [0.4, 0.5) is 5.69 Å². The highest BCUT2D eigenvalue weighted by atomic mass is 16.2. The highest BCUT2D eigenvalue weighted by Crippen LogP contribution is 2.32. The van der Waals surface area contributed by atoms with Crippen LogP contribution in [0.2, 0.25) is 0 Å². The summed E-state index contributed by atoms with van der Waals surface area (Å²) in [6.07, 6.45) is 3.70. The van der Waals surface area contributed by atoms with Crippen molar-refractivity contribution in [3.8, 4) is 0 Å². The van der Waals surface area contributed by atoms with Crippen molar-refractivity contribution in [2.24, 2.45) is 4.99 Å². The number of nitrogens with zero attached hydrogens (tertiary/aromatic N) is 2. The zero-order chi connectivity index (χ0) is 17.1. The molecule has 0 radical (unpaired) electrons. The van der Waals surface area contributed by atoms with Crippen molar-refractivity contribution in [1.82, 2.24) is 10.2 Å². The molecule has 2 heterocycles. The highest BCUT2D eigenvalue weighted by molar-refractivity contribution is 5.95. The fourth-order valence-electron chi connectivity index (χ4n) is 3.68. The Morgan fingerprint density at radius 1 is 1.12 bits per heavy atom. The Bertz CT molecular complexity index is 785. The molecule has 2 aliphatic heterocycles. The Morgan fingerprint density at radius 3 is 2.80 bits per heavy atom. The summed E-state index contributed by atoms with van der Waals surface area (Å²) in [6, 6.07) is 18.5. The van der Waals surface area contributed by atoms with Crippen molar-refractivity contribution in [3.63, 3.8) is 0 Å². The van der Waals surface area contributed by atoms with Crippen LogP contribution in [-0.4, -0.2) is 29.2 Å². The quantitative estimate of drug-likeness (QED) is 0.852. The molecule has 0 aromatic heterocycles. The maximum Gasteiger partial charge on any atom is 0.242 e. The predicted molar refractivity (Wildman–Crippen MR) is 99.9 cm³/mol. The Kier molecular flexibility index (Phi) is 4.51. The number of amidine groups is 1. The summed E-state index contributed by atoms with van der Waals surface area (Å²) in [6.45, 7) is 1.51. The lowest BCUT2D eigenvalue weighted by Gasteiger charge is -2.29. The van der Waals surface area contributed by atoms with Crippen LogP contribution < -0.4 is 5.32 Å². The van der Waals surface area contributed by atoms with E-state index in [4.69, 9.17) is 4.99 Å². The van der Waals surface area contributed by atoms with Gasteiger partial charge in [0.1, 0.15) is 11.9 Å². The molecule has 0 bridgehead atoms. The Morgan fingerprint density at radius 2 is 1.92 bits per heavy atom. The number of hydrogen-bond donors (Lipinski definition) is 1. The van der Waals surface area contributed by atoms with Gasteiger partial charge in [-0.25, -0.2) is 4.99 Å². The van der Waals surface area contributed by atoms with Gasteiger partial charge < -0.3 is 10.2 Å². The summed E-state index contributed by atoms with van der Waals surface area (Å²) in [4.78, 5) is 19.5. The zero-order valence-electron chi connectivity index (χ0n) is 14.3. The summed E-state index contributed by atoms with van der Waals surface area (Å²) in [5.74, 6) is 1.20. The molecule has 1 saturated heterocycles. The largest absolute Gasteiger partial charge is 0.354 e. The van der Waals surface area contributed by atoms with Crippen molar-refractivity contribution in [2.45, 2.75) is 38.3 Å². The van der Waals surface area contributed by atoms with Crippen LogP contribution in [0.5, 0.6) is 0 Å². The lowest BCUT2D eigenvalue weighted by molar-refractivity contribution is -0.124. The second-order valence-electron chi connectivity index (χ2n) is 6.72. The molecule has 2 aromatic carbocycles. The minimum absolute atomic E-state index is 0.0798. The fraction of sp³-hybridized carbons (Fsp3) is 0.333. The van der Waals surface area contributed by atoms with Gasteiger partial charge in [0, 0.05) is 19.5 Å². The number of carbonyl (C=O) groups is 1. The van der Waals surface area contributed by atoms with E-state index in [1.165, 1.54) is 11.1 Å². The molecular weight excluding hydrogens is 310 g/mol. The Hall–Kier alpha value is -2.62. The topological polar surface area (TPSA) is 44.7 Å². The van der Waals surface area contributed by atoms with E-state index in [0.29, 0.717) is 0 Å². The van der Waals surface area contributed by atoms with E-state index in [1.807, 2.05) is 18.2 Å². The molecule has 1 atom stereocenters. The average molecular weight is 333 g/mol. The maximum absolute atomic E-state index is 12.6. The van der Waals surface area contributed by atoms with Crippen molar-refractivity contribution in [3.05, 3.63) is 65.7 Å². The molecule has 0 saturated carbocycles. The van der Waals surface area contributed by atoms with Gasteiger partial charge in [0.25, 0.3) is 0 Å². The Balaban J connectivity index is 1.31. The first-order valence-electron chi connectivity index (χ1n) is 9.05. The van der Waals surface area contributed by atoms with E-state index in [-0.39, 0.29) is 11.9 Å². The van der Waals surface area contributed by atoms with Gasteiger partial charge in [-0.15, -0.1) is 0 Å². The summed E-state index contributed by atoms with van der Waals surface area (Å²) in [5, 5.41) is 3.12. The first kappa shape index (κ1) is 15.9. The molecule has 1 fully saturated rings. The SMILES string of the molecule is O=C(NCCCc1ccccc1)[C@@H]1CCC2=Nc3ccccc3CN21. The molecule has 128 valence electrons. The van der Waals surface area contributed by atoms with Crippen LogP contribution in [0.1, 0.15) is 30.4 Å². The number of rotatable bonds is 5. The van der Waals surface area contributed by atoms with E-state index in [9.17, 15) is 4.79 Å². The number of fused-ring (bicyclic) bond motifs is 2. The van der Waals surface area contributed by atoms with Crippen molar-refractivity contribution in [1.29, 1.82) is 0 Å². The van der Waals surface area contributed by atoms with Gasteiger partial charge >= 0.3 is 0 Å². The first-order chi connectivity index (χ1) is 12.3. The third-order valence-corrected chi connectivity index (χ3v) is 5.02. The molecule has 2 aromatic rings. The van der Waals surface area contributed by atoms with E-state index >= 15 is 0 Å². The number of nitrogens with one attached hydrogen (secondary N) is 1. The van der Waals surface area contributed by atoms with Crippen molar-refractivity contribution >= 4 is 17.4 Å². The van der Waals surface area contributed by atoms with Crippen LogP contribution in [0, 0.1) is 0 Å². The van der Waals surface area contributed by atoms with Gasteiger partial charge in [-0.2, -0.15) is 0 Å². The number of aryl methyl sites for hydroxylation is 1. The molecule has 1 N–H and O–H groups in total. The minimum Gasteiger partial charge on any atom is -0.354 e. The molecule has 4 nitrogen and oxygen atoms in total. The molecule has 0 spiro atoms. The van der Waals surface area contributed by atoms with Gasteiger partial charge in [0.05, 0.1) is 5.69 Å². The summed E-state index contributed by atoms with van der Waals surface area (Å²) in [5.41, 5.74) is 3.58. The number of aliphatic imine (C=N–C) groups is 1. The van der Waals surface area contributed by atoms with Crippen LogP contribution in [-0.2, 0) is 17.8 Å². The summed E-state index contributed by atoms with van der Waals surface area (Å²) < 4.78 is 0. The molecule has 4 heteroatoms. The Labute approximate surface area is 148 Å². The van der Waals surface area contributed by atoms with Gasteiger partial charge in [0.15, 0.2) is 0 Å². The van der Waals surface area contributed by atoms with Crippen LogP contribution in [0.3, 0.4) is 0 Å². The van der Waals surface area contributed by atoms with E-state index < -0.39 is 0 Å². The lowest BCUT2D eigenvalue weighted by atomic mass is 10.1. The normalized spacial score (nSPS) is 18.3. The third-order valence-electron chi connectivity index (χ3n) is 5.02. The summed E-state index contributed by atoms with van der Waals surface area (Å²) in [7, 11) is 0. The molecule has 1 amide bonds. The average Bonchev–Trinajstić information content (AvgIpc) is 3.07. The van der Waals surface area contributed by atoms with Crippen LogP contribution in [0.15, 0.2) is 59.6 Å². The zero-order valence-corrected chi connectivity index (χ0v) is 14.3. The highest BCUT2D eigenvalue weighted by Gasteiger charge is 2.36. The van der Waals surface area contributed by atoms with E-state index in [0.717, 1.165) is 50.3 Å². The smallest absolute Gasteiger partial charge is 0.242 e. The van der Waals surface area contributed by atoms with Gasteiger partial charge in [0.2, 0.25) is 5.91 Å². The fourth-order valence-corrected chi connectivity index (χ4v) is 3.68. The van der Waals surface area contributed by atoms with Gasteiger partial charge in [-0.05, 0) is 36.5 Å². The van der Waals surface area contributed by atoms with E-state index in [1.54, 1.807) is 0 Å². The van der Waals surface area contributed by atoms with Crippen LogP contribution in [0.25, 0.3) is 0 Å². The second-order valence-corrected chi connectivity index (χ2v) is 6.72. The lowest BCUT2D eigenvalue weighted by Crippen LogP contribution is -2.45. The molecule has 0 aliphatic carbocycles. The van der Waals surface area contributed by atoms with Gasteiger partial charge in [-0.1, -0.05) is 48.5 Å². The number of benzene rings is 2. The predicted octanol–water partition coefficient (Wildman–Crippen LogP) is 3.44. The number of amides is 1. The monoisotopic (exact) mass is 333 g/mol.